The minimum atomic E-state index is -0.264. The summed E-state index contributed by atoms with van der Waals surface area (Å²) in [4.78, 5) is 18.2. The lowest BCUT2D eigenvalue weighted by molar-refractivity contribution is -0.00545. The van der Waals surface area contributed by atoms with Crippen molar-refractivity contribution in [3.8, 4) is 0 Å². The van der Waals surface area contributed by atoms with E-state index in [1.54, 1.807) is 13.3 Å². The normalized spacial score (nSPS) is 21.5. The molecule has 2 atom stereocenters. The Hall–Kier alpha value is -1.86. The Morgan fingerprint density at radius 2 is 2.14 bits per heavy atom. The summed E-state index contributed by atoms with van der Waals surface area (Å²) in [7, 11) is 1.59. The molecule has 2 amide bonds. The van der Waals surface area contributed by atoms with Crippen LogP contribution in [0.25, 0.3) is 0 Å². The van der Waals surface area contributed by atoms with Crippen LogP contribution >= 0.6 is 0 Å². The maximum Gasteiger partial charge on any atom is 0.319 e. The predicted octanol–water partition coefficient (Wildman–Crippen LogP) is 1.46. The van der Waals surface area contributed by atoms with Crippen LogP contribution in [0.3, 0.4) is 0 Å². The first-order valence-electron chi connectivity index (χ1n) is 7.48. The van der Waals surface area contributed by atoms with Crippen molar-refractivity contribution in [3.63, 3.8) is 0 Å². The number of amides is 2. The van der Waals surface area contributed by atoms with E-state index in [4.69, 9.17) is 9.47 Å². The van der Waals surface area contributed by atoms with E-state index >= 15 is 0 Å². The Morgan fingerprint density at radius 1 is 1.41 bits per heavy atom. The van der Waals surface area contributed by atoms with Gasteiger partial charge in [-0.25, -0.2) is 9.78 Å². The van der Waals surface area contributed by atoms with Gasteiger partial charge in [-0.05, 0) is 26.0 Å². The number of ether oxygens (including phenoxy) is 2. The second-order valence-electron chi connectivity index (χ2n) is 5.44. The van der Waals surface area contributed by atoms with Gasteiger partial charge in [-0.15, -0.1) is 0 Å². The largest absolute Gasteiger partial charge is 0.383 e. The molecule has 1 aliphatic heterocycles. The van der Waals surface area contributed by atoms with Gasteiger partial charge in [-0.3, -0.25) is 0 Å². The summed E-state index contributed by atoms with van der Waals surface area (Å²) in [6.07, 6.45) is 2.04. The molecule has 2 N–H and O–H groups in total. The lowest BCUT2D eigenvalue weighted by Crippen LogP contribution is -2.45. The first kappa shape index (κ1) is 16.5. The summed E-state index contributed by atoms with van der Waals surface area (Å²) in [6, 6.07) is 3.50. The van der Waals surface area contributed by atoms with Crippen molar-refractivity contribution in [2.24, 2.45) is 0 Å². The van der Waals surface area contributed by atoms with Crippen LogP contribution in [0.2, 0.25) is 0 Å². The van der Waals surface area contributed by atoms with Crippen molar-refractivity contribution in [1.82, 2.24) is 10.3 Å². The van der Waals surface area contributed by atoms with Crippen LogP contribution in [0.15, 0.2) is 18.3 Å². The molecule has 0 bridgehead atoms. The number of carbonyl (C=O) groups is 1. The van der Waals surface area contributed by atoms with Gasteiger partial charge in [0.15, 0.2) is 0 Å². The number of carbonyl (C=O) groups excluding carboxylic acids is 1. The van der Waals surface area contributed by atoms with Crippen molar-refractivity contribution in [2.45, 2.75) is 26.1 Å². The number of hydrogen-bond donors (Lipinski definition) is 2. The Kier molecular flexibility index (Phi) is 5.97. The van der Waals surface area contributed by atoms with E-state index < -0.39 is 0 Å². The molecule has 0 aliphatic carbocycles. The molecule has 2 unspecified atom stereocenters. The fourth-order valence-corrected chi connectivity index (χ4v) is 2.45. The summed E-state index contributed by atoms with van der Waals surface area (Å²) in [5.41, 5.74) is 0.660. The molecule has 22 heavy (non-hydrogen) atoms. The average molecular weight is 308 g/mol. The zero-order valence-corrected chi connectivity index (χ0v) is 13.3. The van der Waals surface area contributed by atoms with Crippen LogP contribution in [0.1, 0.15) is 13.8 Å². The number of anilines is 2. The van der Waals surface area contributed by atoms with Crippen LogP contribution < -0.4 is 15.5 Å². The molecule has 0 radical (unpaired) electrons. The fourth-order valence-electron chi connectivity index (χ4n) is 2.45. The van der Waals surface area contributed by atoms with Crippen molar-refractivity contribution in [2.75, 3.05) is 43.6 Å². The highest BCUT2D eigenvalue weighted by Crippen LogP contribution is 2.19. The number of morpholine rings is 1. The second-order valence-corrected chi connectivity index (χ2v) is 5.44. The number of nitrogens with zero attached hydrogens (tertiary/aromatic N) is 2. The predicted molar refractivity (Wildman–Crippen MR) is 85.4 cm³/mol. The van der Waals surface area contributed by atoms with Gasteiger partial charge in [0.25, 0.3) is 0 Å². The zero-order valence-electron chi connectivity index (χ0n) is 13.3. The number of aromatic nitrogens is 1. The van der Waals surface area contributed by atoms with Crippen molar-refractivity contribution < 1.29 is 14.3 Å². The van der Waals surface area contributed by atoms with Crippen molar-refractivity contribution >= 4 is 17.5 Å². The third-order valence-electron chi connectivity index (χ3n) is 3.34. The monoisotopic (exact) mass is 308 g/mol. The number of methoxy groups -OCH3 is 1. The van der Waals surface area contributed by atoms with Crippen LogP contribution in [0.4, 0.5) is 16.3 Å². The van der Waals surface area contributed by atoms with E-state index in [1.165, 1.54) is 0 Å². The van der Waals surface area contributed by atoms with Gasteiger partial charge in [-0.2, -0.15) is 0 Å². The molecule has 1 aromatic rings. The lowest BCUT2D eigenvalue weighted by Gasteiger charge is -2.36. The maximum atomic E-state index is 11.6. The highest BCUT2D eigenvalue weighted by Gasteiger charge is 2.22. The summed E-state index contributed by atoms with van der Waals surface area (Å²) in [5.74, 6) is 0.896. The Morgan fingerprint density at radius 3 is 2.73 bits per heavy atom. The molecule has 2 heterocycles. The summed E-state index contributed by atoms with van der Waals surface area (Å²) in [5, 5.41) is 5.43. The van der Waals surface area contributed by atoms with E-state index in [0.717, 1.165) is 18.9 Å². The number of urea groups is 1. The Labute approximate surface area is 131 Å². The van der Waals surface area contributed by atoms with E-state index in [2.05, 4.69) is 34.4 Å². The minimum absolute atomic E-state index is 0.190. The first-order chi connectivity index (χ1) is 10.6. The zero-order chi connectivity index (χ0) is 15.9. The molecule has 2 rings (SSSR count). The molecule has 7 nitrogen and oxygen atoms in total. The third kappa shape index (κ3) is 4.85. The van der Waals surface area contributed by atoms with Crippen LogP contribution in [0.5, 0.6) is 0 Å². The van der Waals surface area contributed by atoms with Gasteiger partial charge in [0.05, 0.1) is 30.7 Å². The Balaban J connectivity index is 1.88. The summed E-state index contributed by atoms with van der Waals surface area (Å²) in [6.45, 7) is 6.71. The molecule has 7 heteroatoms. The van der Waals surface area contributed by atoms with E-state index in [9.17, 15) is 4.79 Å². The Bertz CT molecular complexity index is 470. The number of rotatable bonds is 5. The molecule has 0 saturated carbocycles. The highest BCUT2D eigenvalue weighted by molar-refractivity contribution is 5.89. The van der Waals surface area contributed by atoms with E-state index in [0.29, 0.717) is 18.8 Å². The highest BCUT2D eigenvalue weighted by atomic mass is 16.5. The van der Waals surface area contributed by atoms with Crippen LogP contribution in [-0.4, -0.2) is 56.6 Å². The number of pyridine rings is 1. The SMILES string of the molecule is COCCNC(=O)Nc1ccc(N2CC(C)OC(C)C2)nc1. The third-order valence-corrected chi connectivity index (χ3v) is 3.34. The van der Waals surface area contributed by atoms with Crippen LogP contribution in [-0.2, 0) is 9.47 Å². The topological polar surface area (TPSA) is 75.7 Å². The van der Waals surface area contributed by atoms with Crippen molar-refractivity contribution in [3.05, 3.63) is 18.3 Å². The summed E-state index contributed by atoms with van der Waals surface area (Å²) < 4.78 is 10.6. The van der Waals surface area contributed by atoms with Crippen LogP contribution in [0, 0.1) is 0 Å². The molecular weight excluding hydrogens is 284 g/mol. The van der Waals surface area contributed by atoms with Gasteiger partial charge < -0.3 is 25.0 Å². The average Bonchev–Trinajstić information content (AvgIpc) is 2.47. The quantitative estimate of drug-likeness (QED) is 0.806. The smallest absolute Gasteiger partial charge is 0.319 e. The molecule has 0 spiro atoms. The molecular formula is C15H24N4O3. The molecule has 1 fully saturated rings. The van der Waals surface area contributed by atoms with Gasteiger partial charge in [0.1, 0.15) is 5.82 Å². The van der Waals surface area contributed by atoms with Gasteiger partial charge >= 0.3 is 6.03 Å². The fraction of sp³-hybridized carbons (Fsp3) is 0.600. The standard InChI is InChI=1S/C15H24N4O3/c1-11-9-19(10-12(2)22-11)14-5-4-13(8-17-14)18-15(20)16-6-7-21-3/h4-5,8,11-12H,6-7,9-10H2,1-3H3,(H2,16,18,20). The van der Waals surface area contributed by atoms with E-state index in [-0.39, 0.29) is 18.2 Å². The summed E-state index contributed by atoms with van der Waals surface area (Å²) >= 11 is 0. The first-order valence-corrected chi connectivity index (χ1v) is 7.48. The lowest BCUT2D eigenvalue weighted by atomic mass is 10.2. The van der Waals surface area contributed by atoms with Gasteiger partial charge in [-0.1, -0.05) is 0 Å². The molecule has 0 aromatic carbocycles. The molecule has 1 aromatic heterocycles. The van der Waals surface area contributed by atoms with Gasteiger partial charge in [0, 0.05) is 26.7 Å². The second kappa shape index (κ2) is 7.95. The van der Waals surface area contributed by atoms with Crippen molar-refractivity contribution in [1.29, 1.82) is 0 Å². The number of hydrogen-bond acceptors (Lipinski definition) is 5. The molecule has 122 valence electrons. The van der Waals surface area contributed by atoms with Gasteiger partial charge in [0.2, 0.25) is 0 Å². The maximum absolute atomic E-state index is 11.6. The van der Waals surface area contributed by atoms with E-state index in [1.807, 2.05) is 12.1 Å². The number of nitrogens with one attached hydrogen (secondary N) is 2. The molecule has 1 saturated heterocycles. The minimum Gasteiger partial charge on any atom is -0.383 e. The molecule has 1 aliphatic rings.